The molecular weight excluding hydrogens is 324 g/mol. The van der Waals surface area contributed by atoms with Crippen molar-refractivity contribution in [2.24, 2.45) is 0 Å². The van der Waals surface area contributed by atoms with Gasteiger partial charge in [0.15, 0.2) is 5.82 Å². The Morgan fingerprint density at radius 3 is 2.52 bits per heavy atom. The van der Waals surface area contributed by atoms with Gasteiger partial charge in [-0.05, 0) is 19.1 Å². The molecule has 1 aliphatic heterocycles. The van der Waals surface area contributed by atoms with Gasteiger partial charge in [-0.15, -0.1) is 0 Å². The van der Waals surface area contributed by atoms with Crippen LogP contribution in [0.15, 0.2) is 28.8 Å². The van der Waals surface area contributed by atoms with Crippen molar-refractivity contribution in [1.29, 1.82) is 0 Å². The molecule has 0 aliphatic carbocycles. The molecule has 0 radical (unpaired) electrons. The number of aromatic nitrogens is 1. The summed E-state index contributed by atoms with van der Waals surface area (Å²) in [4.78, 5) is 16.4. The van der Waals surface area contributed by atoms with Crippen molar-refractivity contribution in [1.82, 2.24) is 10.1 Å². The van der Waals surface area contributed by atoms with Gasteiger partial charge >= 0.3 is 6.03 Å². The van der Waals surface area contributed by atoms with Crippen LogP contribution in [0.1, 0.15) is 5.76 Å². The van der Waals surface area contributed by atoms with Crippen molar-refractivity contribution >= 4 is 17.5 Å². The standard InChI is InChI=1S/C17H22N4O4/c1-12-10-16(19-25-12)20-6-8-21(9-7-20)17(22)18-14-11-13(23-2)4-5-15(14)24-3/h4-5,10-11H,6-9H2,1-3H3,(H,18,22). The third-order valence-electron chi connectivity index (χ3n) is 4.15. The number of nitrogens with zero attached hydrogens (tertiary/aromatic N) is 3. The third kappa shape index (κ3) is 3.78. The highest BCUT2D eigenvalue weighted by Gasteiger charge is 2.23. The second-order valence-corrected chi connectivity index (χ2v) is 5.77. The average molecular weight is 346 g/mol. The fourth-order valence-corrected chi connectivity index (χ4v) is 2.75. The summed E-state index contributed by atoms with van der Waals surface area (Å²) in [7, 11) is 3.15. The number of urea groups is 1. The summed E-state index contributed by atoms with van der Waals surface area (Å²) in [6, 6.07) is 7.02. The summed E-state index contributed by atoms with van der Waals surface area (Å²) in [6.07, 6.45) is 0. The number of methoxy groups -OCH3 is 2. The molecule has 0 bridgehead atoms. The summed E-state index contributed by atoms with van der Waals surface area (Å²) in [5.74, 6) is 2.83. The highest BCUT2D eigenvalue weighted by molar-refractivity contribution is 5.91. The Morgan fingerprint density at radius 1 is 1.16 bits per heavy atom. The Morgan fingerprint density at radius 2 is 1.92 bits per heavy atom. The van der Waals surface area contributed by atoms with Crippen molar-refractivity contribution in [2.75, 3.05) is 50.6 Å². The topological polar surface area (TPSA) is 80.1 Å². The smallest absolute Gasteiger partial charge is 0.322 e. The molecule has 8 heteroatoms. The fourth-order valence-electron chi connectivity index (χ4n) is 2.75. The van der Waals surface area contributed by atoms with E-state index >= 15 is 0 Å². The second-order valence-electron chi connectivity index (χ2n) is 5.77. The number of hydrogen-bond acceptors (Lipinski definition) is 6. The van der Waals surface area contributed by atoms with Crippen LogP contribution in [0, 0.1) is 6.92 Å². The van der Waals surface area contributed by atoms with E-state index in [1.807, 2.05) is 13.0 Å². The highest BCUT2D eigenvalue weighted by Crippen LogP contribution is 2.29. The van der Waals surface area contributed by atoms with Crippen molar-refractivity contribution in [3.8, 4) is 11.5 Å². The van der Waals surface area contributed by atoms with E-state index < -0.39 is 0 Å². The Labute approximate surface area is 146 Å². The minimum Gasteiger partial charge on any atom is -0.497 e. The fraction of sp³-hybridized carbons (Fsp3) is 0.412. The lowest BCUT2D eigenvalue weighted by Crippen LogP contribution is -2.50. The zero-order valence-corrected chi connectivity index (χ0v) is 14.6. The molecule has 0 saturated carbocycles. The second kappa shape index (κ2) is 7.33. The number of hydrogen-bond donors (Lipinski definition) is 1. The molecule has 1 N–H and O–H groups in total. The molecule has 2 aromatic rings. The number of piperazine rings is 1. The van der Waals surface area contributed by atoms with E-state index in [0.29, 0.717) is 43.4 Å². The number of ether oxygens (including phenoxy) is 2. The van der Waals surface area contributed by atoms with Crippen LogP contribution in [0.5, 0.6) is 11.5 Å². The number of nitrogens with one attached hydrogen (secondary N) is 1. The number of anilines is 2. The number of aryl methyl sites for hydroxylation is 1. The van der Waals surface area contributed by atoms with Gasteiger partial charge < -0.3 is 29.1 Å². The van der Waals surface area contributed by atoms with Gasteiger partial charge in [0, 0.05) is 38.3 Å². The summed E-state index contributed by atoms with van der Waals surface area (Å²) in [6.45, 7) is 4.47. The third-order valence-corrected chi connectivity index (χ3v) is 4.15. The molecule has 25 heavy (non-hydrogen) atoms. The molecular formula is C17H22N4O4. The lowest BCUT2D eigenvalue weighted by atomic mass is 10.2. The van der Waals surface area contributed by atoms with Gasteiger partial charge in [-0.25, -0.2) is 4.79 Å². The maximum atomic E-state index is 12.5. The molecule has 1 aliphatic rings. The quantitative estimate of drug-likeness (QED) is 0.915. The molecule has 1 fully saturated rings. The number of carbonyl (C=O) groups excluding carboxylic acids is 1. The monoisotopic (exact) mass is 346 g/mol. The molecule has 1 aromatic heterocycles. The first-order chi connectivity index (χ1) is 12.1. The molecule has 3 rings (SSSR count). The van der Waals surface area contributed by atoms with Gasteiger partial charge in [-0.2, -0.15) is 0 Å². The Kier molecular flexibility index (Phi) is 4.97. The number of rotatable bonds is 4. The van der Waals surface area contributed by atoms with Crippen LogP contribution in [0.2, 0.25) is 0 Å². The van der Waals surface area contributed by atoms with Crippen LogP contribution in [0.3, 0.4) is 0 Å². The van der Waals surface area contributed by atoms with Gasteiger partial charge in [0.25, 0.3) is 0 Å². The summed E-state index contributed by atoms with van der Waals surface area (Å²) >= 11 is 0. The maximum absolute atomic E-state index is 12.5. The molecule has 1 aromatic carbocycles. The Balaban J connectivity index is 1.61. The lowest BCUT2D eigenvalue weighted by molar-refractivity contribution is 0.207. The largest absolute Gasteiger partial charge is 0.497 e. The Bertz CT molecular complexity index is 738. The lowest BCUT2D eigenvalue weighted by Gasteiger charge is -2.34. The van der Waals surface area contributed by atoms with Gasteiger partial charge in [0.1, 0.15) is 17.3 Å². The predicted molar refractivity (Wildman–Crippen MR) is 93.6 cm³/mol. The molecule has 2 amide bonds. The van der Waals surface area contributed by atoms with E-state index in [-0.39, 0.29) is 6.03 Å². The zero-order chi connectivity index (χ0) is 17.8. The van der Waals surface area contributed by atoms with E-state index in [2.05, 4.69) is 15.4 Å². The van der Waals surface area contributed by atoms with E-state index in [9.17, 15) is 4.79 Å². The molecule has 134 valence electrons. The maximum Gasteiger partial charge on any atom is 0.322 e. The van der Waals surface area contributed by atoms with Crippen LogP contribution in [-0.2, 0) is 0 Å². The molecule has 0 spiro atoms. The summed E-state index contributed by atoms with van der Waals surface area (Å²) in [5, 5.41) is 6.91. The SMILES string of the molecule is COc1ccc(OC)c(NC(=O)N2CCN(c3cc(C)on3)CC2)c1. The molecule has 2 heterocycles. The van der Waals surface area contributed by atoms with Gasteiger partial charge in [0.05, 0.1) is 19.9 Å². The van der Waals surface area contributed by atoms with Gasteiger partial charge in [-0.3, -0.25) is 0 Å². The van der Waals surface area contributed by atoms with Crippen molar-refractivity contribution in [2.45, 2.75) is 6.92 Å². The number of carbonyl (C=O) groups is 1. The van der Waals surface area contributed by atoms with Crippen molar-refractivity contribution in [3.05, 3.63) is 30.0 Å². The summed E-state index contributed by atoms with van der Waals surface area (Å²) in [5.41, 5.74) is 0.585. The Hall–Kier alpha value is -2.90. The number of benzene rings is 1. The van der Waals surface area contributed by atoms with E-state index in [1.54, 1.807) is 37.3 Å². The highest BCUT2D eigenvalue weighted by atomic mass is 16.5. The minimum atomic E-state index is -0.164. The number of amides is 2. The molecule has 0 unspecified atom stereocenters. The van der Waals surface area contributed by atoms with E-state index in [4.69, 9.17) is 14.0 Å². The predicted octanol–water partition coefficient (Wildman–Crippen LogP) is 2.35. The minimum absolute atomic E-state index is 0.164. The van der Waals surface area contributed by atoms with Crippen molar-refractivity contribution in [3.63, 3.8) is 0 Å². The molecule has 1 saturated heterocycles. The zero-order valence-electron chi connectivity index (χ0n) is 14.6. The molecule has 8 nitrogen and oxygen atoms in total. The normalized spacial score (nSPS) is 14.4. The van der Waals surface area contributed by atoms with E-state index in [0.717, 1.165) is 11.6 Å². The van der Waals surface area contributed by atoms with Crippen LogP contribution >= 0.6 is 0 Å². The van der Waals surface area contributed by atoms with Crippen LogP contribution < -0.4 is 19.7 Å². The van der Waals surface area contributed by atoms with Gasteiger partial charge in [-0.1, -0.05) is 5.16 Å². The van der Waals surface area contributed by atoms with Crippen LogP contribution in [0.4, 0.5) is 16.3 Å². The average Bonchev–Trinajstić information content (AvgIpc) is 3.08. The van der Waals surface area contributed by atoms with E-state index in [1.165, 1.54) is 0 Å². The molecule has 0 atom stereocenters. The summed E-state index contributed by atoms with van der Waals surface area (Å²) < 4.78 is 15.6. The van der Waals surface area contributed by atoms with Crippen molar-refractivity contribution < 1.29 is 18.8 Å². The van der Waals surface area contributed by atoms with Gasteiger partial charge in [0.2, 0.25) is 0 Å². The first-order valence-electron chi connectivity index (χ1n) is 8.07. The first-order valence-corrected chi connectivity index (χ1v) is 8.07. The van der Waals surface area contributed by atoms with Crippen LogP contribution in [0.25, 0.3) is 0 Å². The van der Waals surface area contributed by atoms with Crippen LogP contribution in [-0.4, -0.2) is 56.5 Å². The first kappa shape index (κ1) is 16.9.